The van der Waals surface area contributed by atoms with Crippen LogP contribution in [0.2, 0.25) is 0 Å². The second-order valence-corrected chi connectivity index (χ2v) is 6.00. The molecule has 0 unspecified atom stereocenters. The summed E-state index contributed by atoms with van der Waals surface area (Å²) in [7, 11) is 1.72. The summed E-state index contributed by atoms with van der Waals surface area (Å²) in [5, 5.41) is 4.38. The molecule has 4 aromatic rings. The number of halogens is 1. The molecule has 4 rings (SSSR count). The zero-order chi connectivity index (χ0) is 18.4. The lowest BCUT2D eigenvalue weighted by molar-refractivity contribution is 0.582. The molecule has 0 spiro atoms. The van der Waals surface area contributed by atoms with Gasteiger partial charge in [-0.2, -0.15) is 9.49 Å². The fourth-order valence-corrected chi connectivity index (χ4v) is 2.89. The molecule has 0 N–H and O–H groups in total. The van der Waals surface area contributed by atoms with Gasteiger partial charge in [0.2, 0.25) is 5.95 Å². The van der Waals surface area contributed by atoms with E-state index in [-0.39, 0.29) is 5.56 Å². The molecule has 7 nitrogen and oxygen atoms in total. The monoisotopic (exact) mass is 350 g/mol. The van der Waals surface area contributed by atoms with E-state index in [0.717, 1.165) is 11.1 Å². The maximum Gasteiger partial charge on any atom is 0.272 e. The van der Waals surface area contributed by atoms with Gasteiger partial charge >= 0.3 is 0 Å². The summed E-state index contributed by atoms with van der Waals surface area (Å²) in [6.45, 7) is 3.47. The highest BCUT2D eigenvalue weighted by molar-refractivity contribution is 5.80. The van der Waals surface area contributed by atoms with Crippen LogP contribution in [0.1, 0.15) is 11.5 Å². The topological polar surface area (TPSA) is 78.5 Å². The molecule has 8 heteroatoms. The van der Waals surface area contributed by atoms with E-state index in [4.69, 9.17) is 0 Å². The molecule has 0 aliphatic heterocycles. The molecule has 0 saturated heterocycles. The molecule has 0 fully saturated rings. The predicted octanol–water partition coefficient (Wildman–Crippen LogP) is 2.33. The molecular weight excluding hydrogens is 335 g/mol. The number of nitrogens with zero attached hydrogens (tertiary/aromatic N) is 6. The summed E-state index contributed by atoms with van der Waals surface area (Å²) in [5.41, 5.74) is 3.11. The Labute approximate surface area is 147 Å². The van der Waals surface area contributed by atoms with Crippen molar-refractivity contribution in [3.05, 3.63) is 64.3 Å². The van der Waals surface area contributed by atoms with Gasteiger partial charge in [0.05, 0.1) is 22.9 Å². The van der Waals surface area contributed by atoms with Gasteiger partial charge in [0.1, 0.15) is 11.5 Å². The standard InChI is InChI=1S/C18H15FN6O/c1-10-18(26)24(3)15-6-4-12(8-14(15)21-10)17-22-11(2)23-25(17)13-5-7-16(19)20-9-13/h4-9H,1-3H3. The van der Waals surface area contributed by atoms with Crippen molar-refractivity contribution < 1.29 is 4.39 Å². The number of rotatable bonds is 2. The Bertz CT molecular complexity index is 1190. The number of fused-ring (bicyclic) bond motifs is 1. The van der Waals surface area contributed by atoms with Crippen molar-refractivity contribution in [1.82, 2.24) is 29.3 Å². The molecule has 0 amide bonds. The van der Waals surface area contributed by atoms with Crippen molar-refractivity contribution in [1.29, 1.82) is 0 Å². The first-order chi connectivity index (χ1) is 12.4. The first-order valence-corrected chi connectivity index (χ1v) is 7.97. The Morgan fingerprint density at radius 1 is 1.08 bits per heavy atom. The van der Waals surface area contributed by atoms with Gasteiger partial charge in [-0.25, -0.2) is 19.6 Å². The third-order valence-corrected chi connectivity index (χ3v) is 4.17. The number of pyridine rings is 1. The molecule has 0 radical (unpaired) electrons. The zero-order valence-electron chi connectivity index (χ0n) is 14.4. The fraction of sp³-hybridized carbons (Fsp3) is 0.167. The SMILES string of the molecule is Cc1nc(-c2ccc3c(c2)nc(C)c(=O)n3C)n(-c2ccc(F)nc2)n1. The van der Waals surface area contributed by atoms with Crippen LogP contribution in [-0.2, 0) is 7.05 Å². The number of aromatic nitrogens is 6. The van der Waals surface area contributed by atoms with Gasteiger partial charge in [-0.1, -0.05) is 0 Å². The van der Waals surface area contributed by atoms with Gasteiger partial charge in [0, 0.05) is 12.6 Å². The second kappa shape index (κ2) is 5.83. The number of hydrogen-bond donors (Lipinski definition) is 0. The van der Waals surface area contributed by atoms with Gasteiger partial charge in [0.25, 0.3) is 5.56 Å². The smallest absolute Gasteiger partial charge is 0.272 e. The van der Waals surface area contributed by atoms with E-state index in [1.807, 2.05) is 18.2 Å². The number of hydrogen-bond acceptors (Lipinski definition) is 5. The van der Waals surface area contributed by atoms with Crippen molar-refractivity contribution in [3.63, 3.8) is 0 Å². The van der Waals surface area contributed by atoms with Crippen LogP contribution in [-0.4, -0.2) is 29.3 Å². The molecule has 0 bridgehead atoms. The predicted molar refractivity (Wildman–Crippen MR) is 94.6 cm³/mol. The summed E-state index contributed by atoms with van der Waals surface area (Å²) in [6.07, 6.45) is 1.40. The zero-order valence-corrected chi connectivity index (χ0v) is 14.4. The van der Waals surface area contributed by atoms with Crippen LogP contribution in [0, 0.1) is 19.8 Å². The Hall–Kier alpha value is -3.42. The van der Waals surface area contributed by atoms with E-state index in [2.05, 4.69) is 20.1 Å². The van der Waals surface area contributed by atoms with Crippen LogP contribution in [0.15, 0.2) is 41.3 Å². The van der Waals surface area contributed by atoms with Gasteiger partial charge < -0.3 is 4.57 Å². The average molecular weight is 350 g/mol. The number of aryl methyl sites for hydroxylation is 3. The van der Waals surface area contributed by atoms with E-state index < -0.39 is 5.95 Å². The minimum Gasteiger partial charge on any atom is -0.308 e. The first kappa shape index (κ1) is 16.1. The third kappa shape index (κ3) is 2.55. The summed E-state index contributed by atoms with van der Waals surface area (Å²) >= 11 is 0. The lowest BCUT2D eigenvalue weighted by Crippen LogP contribution is -2.21. The third-order valence-electron chi connectivity index (χ3n) is 4.17. The van der Waals surface area contributed by atoms with Crippen LogP contribution >= 0.6 is 0 Å². The average Bonchev–Trinajstić information content (AvgIpc) is 3.02. The van der Waals surface area contributed by atoms with Crippen LogP contribution in [0.4, 0.5) is 4.39 Å². The van der Waals surface area contributed by atoms with E-state index in [0.29, 0.717) is 28.5 Å². The maximum atomic E-state index is 13.1. The van der Waals surface area contributed by atoms with E-state index >= 15 is 0 Å². The molecule has 130 valence electrons. The lowest BCUT2D eigenvalue weighted by Gasteiger charge is -2.09. The Morgan fingerprint density at radius 3 is 2.62 bits per heavy atom. The van der Waals surface area contributed by atoms with Crippen LogP contribution in [0.25, 0.3) is 28.1 Å². The van der Waals surface area contributed by atoms with E-state index in [1.165, 1.54) is 12.3 Å². The Kier molecular flexibility index (Phi) is 3.61. The molecule has 3 aromatic heterocycles. The van der Waals surface area contributed by atoms with Crippen molar-refractivity contribution in [3.8, 4) is 17.1 Å². The quantitative estimate of drug-likeness (QED) is 0.519. The molecule has 0 aliphatic rings. The van der Waals surface area contributed by atoms with Gasteiger partial charge in [0.15, 0.2) is 5.82 Å². The molecule has 26 heavy (non-hydrogen) atoms. The van der Waals surface area contributed by atoms with Crippen molar-refractivity contribution in [2.24, 2.45) is 7.05 Å². The normalized spacial score (nSPS) is 11.2. The molecule has 1 aromatic carbocycles. The highest BCUT2D eigenvalue weighted by Gasteiger charge is 2.14. The van der Waals surface area contributed by atoms with Gasteiger partial charge in [-0.3, -0.25) is 4.79 Å². The summed E-state index contributed by atoms with van der Waals surface area (Å²) in [5.74, 6) is 0.610. The van der Waals surface area contributed by atoms with E-state index in [1.54, 1.807) is 36.2 Å². The Balaban J connectivity index is 1.92. The Morgan fingerprint density at radius 2 is 1.88 bits per heavy atom. The summed E-state index contributed by atoms with van der Waals surface area (Å²) < 4.78 is 16.3. The molecular formula is C18H15FN6O. The molecule has 0 saturated carbocycles. The van der Waals surface area contributed by atoms with Crippen molar-refractivity contribution in [2.45, 2.75) is 13.8 Å². The largest absolute Gasteiger partial charge is 0.308 e. The van der Waals surface area contributed by atoms with Gasteiger partial charge in [-0.05, 0) is 44.2 Å². The lowest BCUT2D eigenvalue weighted by atomic mass is 10.1. The molecule has 3 heterocycles. The minimum atomic E-state index is -0.557. The van der Waals surface area contributed by atoms with Crippen LogP contribution < -0.4 is 5.56 Å². The minimum absolute atomic E-state index is 0.123. The maximum absolute atomic E-state index is 13.1. The van der Waals surface area contributed by atoms with E-state index in [9.17, 15) is 9.18 Å². The number of benzene rings is 1. The van der Waals surface area contributed by atoms with Gasteiger partial charge in [-0.15, -0.1) is 0 Å². The highest BCUT2D eigenvalue weighted by Crippen LogP contribution is 2.24. The molecule has 0 atom stereocenters. The summed E-state index contributed by atoms with van der Waals surface area (Å²) in [6, 6.07) is 8.41. The summed E-state index contributed by atoms with van der Waals surface area (Å²) in [4.78, 5) is 24.6. The first-order valence-electron chi connectivity index (χ1n) is 7.97. The van der Waals surface area contributed by atoms with Crippen molar-refractivity contribution in [2.75, 3.05) is 0 Å². The molecule has 0 aliphatic carbocycles. The van der Waals surface area contributed by atoms with Crippen molar-refractivity contribution >= 4 is 11.0 Å². The fourth-order valence-electron chi connectivity index (χ4n) is 2.89. The van der Waals surface area contributed by atoms with Crippen LogP contribution in [0.5, 0.6) is 0 Å². The highest BCUT2D eigenvalue weighted by atomic mass is 19.1. The second-order valence-electron chi connectivity index (χ2n) is 6.00. The van der Waals surface area contributed by atoms with Crippen LogP contribution in [0.3, 0.4) is 0 Å².